The van der Waals surface area contributed by atoms with Gasteiger partial charge in [0.2, 0.25) is 5.89 Å². The van der Waals surface area contributed by atoms with Crippen LogP contribution in [0.15, 0.2) is 27.4 Å². The third-order valence-corrected chi connectivity index (χ3v) is 3.34. The molecule has 1 aromatic carbocycles. The van der Waals surface area contributed by atoms with E-state index in [2.05, 4.69) is 5.10 Å². The Labute approximate surface area is 125 Å². The Hall–Kier alpha value is -1.30. The molecule has 0 aliphatic carbocycles. The van der Waals surface area contributed by atoms with Crippen LogP contribution in [0.3, 0.4) is 0 Å². The maximum Gasteiger partial charge on any atom is 0.437 e. The average Bonchev–Trinajstić information content (AvgIpc) is 2.70. The van der Waals surface area contributed by atoms with Crippen LogP contribution in [0.2, 0.25) is 10.0 Å². The summed E-state index contributed by atoms with van der Waals surface area (Å²) < 4.78 is 6.07. The summed E-state index contributed by atoms with van der Waals surface area (Å²) in [6.45, 7) is 1.94. The molecule has 1 atom stereocenters. The number of rotatable bonds is 5. The average molecular weight is 317 g/mol. The first-order chi connectivity index (χ1) is 9.51. The fourth-order valence-electron chi connectivity index (χ4n) is 1.81. The van der Waals surface area contributed by atoms with Crippen molar-refractivity contribution in [1.29, 1.82) is 0 Å². The Morgan fingerprint density at radius 3 is 2.85 bits per heavy atom. The minimum absolute atomic E-state index is 0.0204. The van der Waals surface area contributed by atoms with E-state index in [1.165, 1.54) is 6.07 Å². The first kappa shape index (κ1) is 15.1. The van der Waals surface area contributed by atoms with Crippen LogP contribution in [0.1, 0.15) is 30.9 Å². The summed E-state index contributed by atoms with van der Waals surface area (Å²) in [5.74, 6) is -0.218. The Morgan fingerprint density at radius 1 is 1.45 bits per heavy atom. The van der Waals surface area contributed by atoms with Crippen molar-refractivity contribution >= 4 is 23.2 Å². The van der Waals surface area contributed by atoms with E-state index in [-0.39, 0.29) is 6.54 Å². The molecule has 7 heteroatoms. The zero-order chi connectivity index (χ0) is 14.7. The Kier molecular flexibility index (Phi) is 4.86. The van der Waals surface area contributed by atoms with E-state index in [1.54, 1.807) is 12.1 Å². The molecule has 0 spiro atoms. The van der Waals surface area contributed by atoms with E-state index in [9.17, 15) is 9.90 Å². The third kappa shape index (κ3) is 3.42. The molecule has 1 aromatic heterocycles. The van der Waals surface area contributed by atoms with E-state index < -0.39 is 11.9 Å². The number of hydrogen-bond acceptors (Lipinski definition) is 4. The van der Waals surface area contributed by atoms with Gasteiger partial charge in [-0.2, -0.15) is 4.68 Å². The number of aromatic nitrogens is 2. The van der Waals surface area contributed by atoms with Gasteiger partial charge in [0.25, 0.3) is 0 Å². The molecule has 0 amide bonds. The number of nitrogens with zero attached hydrogens (tertiary/aromatic N) is 2. The second kappa shape index (κ2) is 6.43. The SMILES string of the molecule is CCCc1nn(CC(O)c2ccc(Cl)cc2Cl)c(=O)o1. The summed E-state index contributed by atoms with van der Waals surface area (Å²) in [4.78, 5) is 11.6. The van der Waals surface area contributed by atoms with Gasteiger partial charge in [-0.05, 0) is 18.6 Å². The smallest absolute Gasteiger partial charge is 0.392 e. The first-order valence-corrected chi connectivity index (χ1v) is 6.96. The van der Waals surface area contributed by atoms with Gasteiger partial charge in [-0.3, -0.25) is 0 Å². The topological polar surface area (TPSA) is 68.3 Å². The number of benzene rings is 1. The highest BCUT2D eigenvalue weighted by molar-refractivity contribution is 6.35. The zero-order valence-electron chi connectivity index (χ0n) is 10.8. The molecular formula is C13H14Cl2N2O3. The molecule has 5 nitrogen and oxygen atoms in total. The van der Waals surface area contributed by atoms with Crippen LogP contribution < -0.4 is 5.76 Å². The normalized spacial score (nSPS) is 12.6. The number of hydrogen-bond donors (Lipinski definition) is 1. The summed E-state index contributed by atoms with van der Waals surface area (Å²) in [6.07, 6.45) is 0.447. The van der Waals surface area contributed by atoms with Crippen molar-refractivity contribution in [1.82, 2.24) is 9.78 Å². The number of halogens is 2. The maximum atomic E-state index is 11.6. The van der Waals surface area contributed by atoms with Crippen molar-refractivity contribution in [3.8, 4) is 0 Å². The Bertz CT molecular complexity index is 651. The lowest BCUT2D eigenvalue weighted by atomic mass is 10.1. The third-order valence-electron chi connectivity index (χ3n) is 2.78. The van der Waals surface area contributed by atoms with Crippen molar-refractivity contribution in [3.05, 3.63) is 50.2 Å². The summed E-state index contributed by atoms with van der Waals surface area (Å²) in [6, 6.07) is 4.78. The summed E-state index contributed by atoms with van der Waals surface area (Å²) in [5, 5.41) is 15.0. The van der Waals surface area contributed by atoms with Crippen LogP contribution in [-0.2, 0) is 13.0 Å². The van der Waals surface area contributed by atoms with Crippen molar-refractivity contribution in [2.24, 2.45) is 0 Å². The lowest BCUT2D eigenvalue weighted by Crippen LogP contribution is -2.20. The van der Waals surface area contributed by atoms with Crippen molar-refractivity contribution < 1.29 is 9.52 Å². The number of aryl methyl sites for hydroxylation is 1. The van der Waals surface area contributed by atoms with Gasteiger partial charge in [-0.15, -0.1) is 5.10 Å². The molecule has 1 N–H and O–H groups in total. The minimum Gasteiger partial charge on any atom is -0.392 e. The van der Waals surface area contributed by atoms with E-state index in [0.29, 0.717) is 27.9 Å². The van der Waals surface area contributed by atoms with Crippen molar-refractivity contribution in [2.45, 2.75) is 32.4 Å². The van der Waals surface area contributed by atoms with Gasteiger partial charge >= 0.3 is 5.76 Å². The molecule has 1 heterocycles. The van der Waals surface area contributed by atoms with Crippen LogP contribution in [0.4, 0.5) is 0 Å². The predicted octanol–water partition coefficient (Wildman–Crippen LogP) is 2.83. The second-order valence-electron chi connectivity index (χ2n) is 4.38. The van der Waals surface area contributed by atoms with E-state index >= 15 is 0 Å². The van der Waals surface area contributed by atoms with Crippen molar-refractivity contribution in [2.75, 3.05) is 0 Å². The number of aliphatic hydroxyl groups is 1. The molecule has 108 valence electrons. The molecule has 0 aliphatic heterocycles. The molecular weight excluding hydrogens is 303 g/mol. The quantitative estimate of drug-likeness (QED) is 0.921. The van der Waals surface area contributed by atoms with Crippen molar-refractivity contribution in [3.63, 3.8) is 0 Å². The van der Waals surface area contributed by atoms with Crippen LogP contribution in [0, 0.1) is 0 Å². The van der Waals surface area contributed by atoms with E-state index in [1.807, 2.05) is 6.92 Å². The fraction of sp³-hybridized carbons (Fsp3) is 0.385. The highest BCUT2D eigenvalue weighted by atomic mass is 35.5. The molecule has 20 heavy (non-hydrogen) atoms. The van der Waals surface area contributed by atoms with Crippen LogP contribution in [0.25, 0.3) is 0 Å². The van der Waals surface area contributed by atoms with Gasteiger partial charge in [-0.1, -0.05) is 36.2 Å². The molecule has 2 aromatic rings. The molecule has 0 aliphatic rings. The van der Waals surface area contributed by atoms with Gasteiger partial charge in [0.05, 0.1) is 6.54 Å². The monoisotopic (exact) mass is 316 g/mol. The molecule has 0 bridgehead atoms. The lowest BCUT2D eigenvalue weighted by Gasteiger charge is -2.11. The first-order valence-electron chi connectivity index (χ1n) is 6.21. The highest BCUT2D eigenvalue weighted by Gasteiger charge is 2.16. The second-order valence-corrected chi connectivity index (χ2v) is 5.22. The van der Waals surface area contributed by atoms with Crippen LogP contribution >= 0.6 is 23.2 Å². The highest BCUT2D eigenvalue weighted by Crippen LogP contribution is 2.26. The summed E-state index contributed by atoms with van der Waals surface area (Å²) >= 11 is 11.8. The van der Waals surface area contributed by atoms with Gasteiger partial charge < -0.3 is 9.52 Å². The predicted molar refractivity (Wildman–Crippen MR) is 76.2 cm³/mol. The summed E-state index contributed by atoms with van der Waals surface area (Å²) in [7, 11) is 0. The van der Waals surface area contributed by atoms with E-state index in [4.69, 9.17) is 27.6 Å². The molecule has 0 saturated carbocycles. The van der Waals surface area contributed by atoms with E-state index in [0.717, 1.165) is 11.1 Å². The summed E-state index contributed by atoms with van der Waals surface area (Å²) in [5.41, 5.74) is 0.489. The minimum atomic E-state index is -0.961. The fourth-order valence-corrected chi connectivity index (χ4v) is 2.35. The van der Waals surface area contributed by atoms with Crippen LogP contribution in [-0.4, -0.2) is 14.9 Å². The van der Waals surface area contributed by atoms with Gasteiger partial charge in [0.1, 0.15) is 6.10 Å². The van der Waals surface area contributed by atoms with Gasteiger partial charge in [-0.25, -0.2) is 4.79 Å². The Balaban J connectivity index is 2.18. The molecule has 0 radical (unpaired) electrons. The number of aliphatic hydroxyl groups excluding tert-OH is 1. The zero-order valence-corrected chi connectivity index (χ0v) is 12.4. The lowest BCUT2D eigenvalue weighted by molar-refractivity contribution is 0.148. The largest absolute Gasteiger partial charge is 0.437 e. The molecule has 0 fully saturated rings. The van der Waals surface area contributed by atoms with Gasteiger partial charge in [0, 0.05) is 22.0 Å². The Morgan fingerprint density at radius 2 is 2.20 bits per heavy atom. The molecule has 1 unspecified atom stereocenters. The standard InChI is InChI=1S/C13H14Cl2N2O3/c1-2-3-12-16-17(13(19)20-12)7-11(18)9-5-4-8(14)6-10(9)15/h4-6,11,18H,2-3,7H2,1H3. The maximum absolute atomic E-state index is 11.6. The molecule has 0 saturated heterocycles. The van der Waals surface area contributed by atoms with Crippen LogP contribution in [0.5, 0.6) is 0 Å². The van der Waals surface area contributed by atoms with Gasteiger partial charge in [0.15, 0.2) is 0 Å². The molecule has 2 rings (SSSR count).